The van der Waals surface area contributed by atoms with Crippen LogP contribution in [0.2, 0.25) is 0 Å². The molecule has 3 nitrogen and oxygen atoms in total. The standard InChI is InChI=1S/C19H24O3S/c1-5-22-19(20)16(4)23(21,17-10-6-14(2)7-11-17)18-12-8-15(3)9-13-18/h6-13,16,23H,5H2,1-4H3. The van der Waals surface area contributed by atoms with Gasteiger partial charge in [0.15, 0.2) is 0 Å². The molecule has 0 aliphatic carbocycles. The van der Waals surface area contributed by atoms with Gasteiger partial charge in [-0.15, -0.1) is 0 Å². The van der Waals surface area contributed by atoms with E-state index in [2.05, 4.69) is 0 Å². The van der Waals surface area contributed by atoms with Gasteiger partial charge in [0, 0.05) is 9.79 Å². The van der Waals surface area contributed by atoms with Crippen molar-refractivity contribution in [3.63, 3.8) is 0 Å². The Kier molecular flexibility index (Phi) is 5.37. The highest BCUT2D eigenvalue weighted by Crippen LogP contribution is 2.33. The van der Waals surface area contributed by atoms with Gasteiger partial charge in [-0.1, -0.05) is 35.4 Å². The summed E-state index contributed by atoms with van der Waals surface area (Å²) in [6.45, 7) is 7.70. The van der Waals surface area contributed by atoms with E-state index < -0.39 is 21.2 Å². The molecule has 0 spiro atoms. The average Bonchev–Trinajstić information content (AvgIpc) is 2.55. The van der Waals surface area contributed by atoms with Crippen molar-refractivity contribution in [1.82, 2.24) is 0 Å². The predicted octanol–water partition coefficient (Wildman–Crippen LogP) is 3.69. The Morgan fingerprint density at radius 3 is 1.70 bits per heavy atom. The van der Waals surface area contributed by atoms with Gasteiger partial charge in [-0.3, -0.25) is 9.00 Å². The summed E-state index contributed by atoms with van der Waals surface area (Å²) in [6, 6.07) is 15.1. The molecule has 0 radical (unpaired) electrons. The summed E-state index contributed by atoms with van der Waals surface area (Å²) in [4.78, 5) is 13.7. The van der Waals surface area contributed by atoms with Crippen molar-refractivity contribution in [3.05, 3.63) is 59.7 Å². The first-order valence-electron chi connectivity index (χ1n) is 7.80. The topological polar surface area (TPSA) is 43.4 Å². The maximum absolute atomic E-state index is 14.0. The summed E-state index contributed by atoms with van der Waals surface area (Å²) in [7, 11) is -3.12. The van der Waals surface area contributed by atoms with Crippen LogP contribution in [-0.2, 0) is 19.5 Å². The third-order valence-electron chi connectivity index (χ3n) is 4.01. The van der Waals surface area contributed by atoms with Crippen LogP contribution in [0.25, 0.3) is 0 Å². The molecule has 2 rings (SSSR count). The predicted molar refractivity (Wildman–Crippen MR) is 94.5 cm³/mol. The van der Waals surface area contributed by atoms with Crippen LogP contribution >= 0.6 is 0 Å². The van der Waals surface area contributed by atoms with Gasteiger partial charge in [0.2, 0.25) is 0 Å². The largest absolute Gasteiger partial charge is 0.465 e. The normalized spacial score (nSPS) is 13.4. The number of hydrogen-bond acceptors (Lipinski definition) is 3. The fourth-order valence-electron chi connectivity index (χ4n) is 2.54. The second-order valence-corrected chi connectivity index (χ2v) is 8.88. The van der Waals surface area contributed by atoms with E-state index in [9.17, 15) is 9.00 Å². The maximum atomic E-state index is 14.0. The third-order valence-corrected chi connectivity index (χ3v) is 7.44. The Labute approximate surface area is 139 Å². The van der Waals surface area contributed by atoms with Crippen molar-refractivity contribution in [2.45, 2.75) is 42.7 Å². The second-order valence-electron chi connectivity index (χ2n) is 5.76. The molecule has 0 bridgehead atoms. The molecule has 0 aromatic heterocycles. The summed E-state index contributed by atoms with van der Waals surface area (Å²) in [5.41, 5.74) is 2.18. The molecule has 0 aliphatic heterocycles. The van der Waals surface area contributed by atoms with Gasteiger partial charge < -0.3 is 4.74 Å². The average molecular weight is 332 g/mol. The summed E-state index contributed by atoms with van der Waals surface area (Å²) in [5.74, 6) is -0.419. The number of aryl methyl sites for hydroxylation is 2. The molecule has 0 fully saturated rings. The van der Waals surface area contributed by atoms with Crippen LogP contribution in [0.3, 0.4) is 0 Å². The lowest BCUT2D eigenvalue weighted by Gasteiger charge is -2.30. The number of esters is 1. The summed E-state index contributed by atoms with van der Waals surface area (Å²) in [6.07, 6.45) is 0. The molecule has 0 saturated heterocycles. The highest BCUT2D eigenvalue weighted by atomic mass is 32.2. The molecule has 23 heavy (non-hydrogen) atoms. The zero-order chi connectivity index (χ0) is 17.0. The van der Waals surface area contributed by atoms with Gasteiger partial charge in [0.1, 0.15) is 5.25 Å². The number of carbonyl (C=O) groups excluding carboxylic acids is 1. The van der Waals surface area contributed by atoms with Crippen molar-refractivity contribution in [3.8, 4) is 0 Å². The monoisotopic (exact) mass is 332 g/mol. The van der Waals surface area contributed by atoms with E-state index in [1.807, 2.05) is 62.4 Å². The lowest BCUT2D eigenvalue weighted by molar-refractivity contribution is -0.142. The van der Waals surface area contributed by atoms with Crippen LogP contribution in [0.15, 0.2) is 58.3 Å². The second kappa shape index (κ2) is 7.09. The highest BCUT2D eigenvalue weighted by Gasteiger charge is 2.33. The van der Waals surface area contributed by atoms with E-state index in [0.29, 0.717) is 9.79 Å². The molecule has 124 valence electrons. The van der Waals surface area contributed by atoms with E-state index >= 15 is 0 Å². The molecular weight excluding hydrogens is 308 g/mol. The number of rotatable bonds is 5. The van der Waals surface area contributed by atoms with Gasteiger partial charge in [-0.2, -0.15) is 0 Å². The first-order chi connectivity index (χ1) is 10.9. The lowest BCUT2D eigenvalue weighted by atomic mass is 10.2. The minimum absolute atomic E-state index is 0.283. The lowest BCUT2D eigenvalue weighted by Crippen LogP contribution is -2.35. The third kappa shape index (κ3) is 3.53. The Hall–Kier alpha value is -1.94. The molecule has 1 atom stereocenters. The quantitative estimate of drug-likeness (QED) is 0.671. The number of thiol groups is 1. The van der Waals surface area contributed by atoms with Crippen LogP contribution in [0.5, 0.6) is 0 Å². The van der Waals surface area contributed by atoms with E-state index in [4.69, 9.17) is 4.74 Å². The maximum Gasteiger partial charge on any atom is 0.320 e. The first kappa shape index (κ1) is 17.4. The van der Waals surface area contributed by atoms with Crippen LogP contribution in [0.4, 0.5) is 0 Å². The van der Waals surface area contributed by atoms with Crippen molar-refractivity contribution >= 4 is 15.9 Å². The van der Waals surface area contributed by atoms with Crippen LogP contribution < -0.4 is 0 Å². The smallest absolute Gasteiger partial charge is 0.320 e. The fraction of sp³-hybridized carbons (Fsp3) is 0.316. The molecule has 0 N–H and O–H groups in total. The SMILES string of the molecule is CCOC(=O)C(C)[SH](=O)(c1ccc(C)cc1)c1ccc(C)cc1. The van der Waals surface area contributed by atoms with E-state index in [1.54, 1.807) is 13.8 Å². The minimum atomic E-state index is -3.12. The van der Waals surface area contributed by atoms with Gasteiger partial charge in [0.05, 0.1) is 6.61 Å². The molecule has 2 aromatic rings. The number of benzene rings is 2. The molecule has 4 heteroatoms. The Morgan fingerprint density at radius 2 is 1.35 bits per heavy atom. The minimum Gasteiger partial charge on any atom is -0.465 e. The molecule has 0 heterocycles. The van der Waals surface area contributed by atoms with Crippen molar-refractivity contribution in [2.24, 2.45) is 0 Å². The highest BCUT2D eigenvalue weighted by molar-refractivity contribution is 8.04. The van der Waals surface area contributed by atoms with Gasteiger partial charge in [-0.25, -0.2) is 0 Å². The molecule has 0 aliphatic rings. The van der Waals surface area contributed by atoms with Crippen molar-refractivity contribution < 1.29 is 13.7 Å². The molecular formula is C19H24O3S. The van der Waals surface area contributed by atoms with E-state index in [0.717, 1.165) is 11.1 Å². The van der Waals surface area contributed by atoms with E-state index in [1.165, 1.54) is 0 Å². The van der Waals surface area contributed by atoms with Crippen molar-refractivity contribution in [2.75, 3.05) is 6.61 Å². The van der Waals surface area contributed by atoms with Gasteiger partial charge >= 0.3 is 5.97 Å². The molecule has 1 unspecified atom stereocenters. The molecule has 0 amide bonds. The Balaban J connectivity index is 2.58. The summed E-state index contributed by atoms with van der Waals surface area (Å²) < 4.78 is 19.1. The van der Waals surface area contributed by atoms with Crippen LogP contribution in [-0.4, -0.2) is 22.0 Å². The van der Waals surface area contributed by atoms with E-state index in [-0.39, 0.29) is 6.61 Å². The zero-order valence-corrected chi connectivity index (χ0v) is 15.0. The Bertz CT molecular complexity index is 668. The zero-order valence-electron chi connectivity index (χ0n) is 14.1. The number of carbonyl (C=O) groups is 1. The number of hydrogen-bond donors (Lipinski definition) is 1. The van der Waals surface area contributed by atoms with Gasteiger partial charge in [-0.05, 0) is 61.9 Å². The van der Waals surface area contributed by atoms with Crippen molar-refractivity contribution in [1.29, 1.82) is 0 Å². The molecule has 2 aromatic carbocycles. The van der Waals surface area contributed by atoms with Crippen LogP contribution in [0, 0.1) is 13.8 Å². The summed E-state index contributed by atoms with van der Waals surface area (Å²) >= 11 is 0. The fourth-order valence-corrected chi connectivity index (χ4v) is 5.29. The first-order valence-corrected chi connectivity index (χ1v) is 9.58. The Morgan fingerprint density at radius 1 is 0.957 bits per heavy atom. The summed E-state index contributed by atoms with van der Waals surface area (Å²) in [5, 5.41) is -0.715. The van der Waals surface area contributed by atoms with Crippen LogP contribution in [0.1, 0.15) is 25.0 Å². The number of ether oxygens (including phenoxy) is 1. The van der Waals surface area contributed by atoms with Gasteiger partial charge in [0.25, 0.3) is 0 Å². The molecule has 0 saturated carbocycles.